The molecule has 0 bridgehead atoms. The van der Waals surface area contributed by atoms with Crippen molar-refractivity contribution in [1.82, 2.24) is 0 Å². The molecule has 0 saturated heterocycles. The van der Waals surface area contributed by atoms with Crippen molar-refractivity contribution in [2.24, 2.45) is 4.99 Å². The standard InChI is InChI=1S/C24H16F3NO3S/c1-14(23(30)28-21-10-9-18(13-32-21)24(25,26)27)15-6-4-7-17(11-15)22(29)20-12-16-5-2-3-8-19(16)31-20/h2-14H,1H3/t14-/m1/s1. The van der Waals surface area contributed by atoms with Crippen LogP contribution in [-0.4, -0.2) is 11.7 Å². The second kappa shape index (κ2) is 8.55. The maximum atomic E-state index is 12.9. The third kappa shape index (κ3) is 4.55. The van der Waals surface area contributed by atoms with Crippen molar-refractivity contribution in [1.29, 1.82) is 0 Å². The summed E-state index contributed by atoms with van der Waals surface area (Å²) in [6.45, 7) is 1.63. The Morgan fingerprint density at radius 1 is 1.00 bits per heavy atom. The third-order valence-electron chi connectivity index (χ3n) is 4.93. The second-order valence-corrected chi connectivity index (χ2v) is 8.02. The Labute approximate surface area is 184 Å². The average Bonchev–Trinajstić information content (AvgIpc) is 3.22. The summed E-state index contributed by atoms with van der Waals surface area (Å²) in [5.74, 6) is -1.33. The molecule has 4 nitrogen and oxygen atoms in total. The van der Waals surface area contributed by atoms with Crippen LogP contribution in [0.15, 0.2) is 81.5 Å². The van der Waals surface area contributed by atoms with Gasteiger partial charge in [0.05, 0.1) is 11.5 Å². The number of ketones is 1. The fourth-order valence-corrected chi connectivity index (χ4v) is 3.87. The minimum atomic E-state index is -4.45. The van der Waals surface area contributed by atoms with Gasteiger partial charge in [-0.3, -0.25) is 9.59 Å². The molecule has 0 spiro atoms. The minimum absolute atomic E-state index is 0.171. The molecular formula is C24H16F3NO3S. The molecule has 0 saturated carbocycles. The molecule has 2 heterocycles. The van der Waals surface area contributed by atoms with Crippen molar-refractivity contribution in [3.8, 4) is 0 Å². The predicted octanol–water partition coefficient (Wildman–Crippen LogP) is 5.98. The number of fused-ring (bicyclic) bond motifs is 1. The molecule has 32 heavy (non-hydrogen) atoms. The summed E-state index contributed by atoms with van der Waals surface area (Å²) in [5.41, 5.74) is 0.738. The van der Waals surface area contributed by atoms with Gasteiger partial charge in [0.25, 0.3) is 5.91 Å². The lowest BCUT2D eigenvalue weighted by Gasteiger charge is -2.09. The van der Waals surface area contributed by atoms with E-state index in [4.69, 9.17) is 4.42 Å². The van der Waals surface area contributed by atoms with Crippen molar-refractivity contribution in [3.63, 3.8) is 0 Å². The van der Waals surface area contributed by atoms with E-state index in [0.717, 1.165) is 28.2 Å². The Bertz CT molecular complexity index is 1330. The summed E-state index contributed by atoms with van der Waals surface area (Å²) < 4.78 is 43.9. The second-order valence-electron chi connectivity index (χ2n) is 7.14. The summed E-state index contributed by atoms with van der Waals surface area (Å²) in [6.07, 6.45) is -4.45. The van der Waals surface area contributed by atoms with E-state index >= 15 is 0 Å². The first kappa shape index (κ1) is 21.7. The van der Waals surface area contributed by atoms with Gasteiger partial charge >= 0.3 is 6.18 Å². The number of halogens is 3. The van der Waals surface area contributed by atoms with Crippen molar-refractivity contribution in [3.05, 3.63) is 99.2 Å². The number of hydrogen-bond acceptors (Lipinski definition) is 4. The number of amides is 1. The fourth-order valence-electron chi connectivity index (χ4n) is 3.12. The molecule has 0 radical (unpaired) electrons. The number of alkyl halides is 3. The first-order valence-electron chi connectivity index (χ1n) is 9.60. The average molecular weight is 455 g/mol. The summed E-state index contributed by atoms with van der Waals surface area (Å²) >= 11 is 0.740. The van der Waals surface area contributed by atoms with Crippen LogP contribution in [0.5, 0.6) is 0 Å². The molecule has 0 aliphatic carbocycles. The number of carbonyl (C=O) groups excluding carboxylic acids is 2. The van der Waals surface area contributed by atoms with Crippen LogP contribution in [0.1, 0.15) is 40.1 Å². The first-order valence-corrected chi connectivity index (χ1v) is 10.5. The van der Waals surface area contributed by atoms with Crippen molar-refractivity contribution in [2.75, 3.05) is 0 Å². The van der Waals surface area contributed by atoms with Crippen LogP contribution in [0, 0.1) is 0 Å². The smallest absolute Gasteiger partial charge is 0.417 e. The van der Waals surface area contributed by atoms with Gasteiger partial charge in [0.15, 0.2) is 5.76 Å². The van der Waals surface area contributed by atoms with Gasteiger partial charge in [-0.2, -0.15) is 13.2 Å². The van der Waals surface area contributed by atoms with E-state index in [1.807, 2.05) is 18.2 Å². The fraction of sp³-hybridized carbons (Fsp3) is 0.125. The molecule has 4 rings (SSSR count). The van der Waals surface area contributed by atoms with Crippen LogP contribution >= 0.6 is 11.3 Å². The molecule has 0 aliphatic rings. The Morgan fingerprint density at radius 2 is 1.78 bits per heavy atom. The molecule has 2 aromatic carbocycles. The molecule has 0 N–H and O–H groups in total. The molecule has 1 atom stereocenters. The van der Waals surface area contributed by atoms with Gasteiger partial charge in [-0.15, -0.1) is 11.3 Å². The number of nitrogens with zero attached hydrogens (tertiary/aromatic N) is 1. The van der Waals surface area contributed by atoms with Crippen LogP contribution in [-0.2, 0) is 11.0 Å². The largest absolute Gasteiger partial charge is 0.453 e. The Hall–Kier alpha value is -3.52. The highest BCUT2D eigenvalue weighted by Gasteiger charge is 2.30. The lowest BCUT2D eigenvalue weighted by Crippen LogP contribution is -2.12. The SMILES string of the molecule is C[C@@H](C(=O)N=c1ccc(C(F)(F)F)cs1)c1cccc(C(=O)c2cc3ccccc3o2)c1. The molecule has 162 valence electrons. The Kier molecular flexibility index (Phi) is 5.80. The van der Waals surface area contributed by atoms with E-state index < -0.39 is 23.6 Å². The normalized spacial score (nSPS) is 13.3. The summed E-state index contributed by atoms with van der Waals surface area (Å²) in [5, 5.41) is 1.73. The molecule has 1 amide bonds. The van der Waals surface area contributed by atoms with E-state index in [-0.39, 0.29) is 16.2 Å². The number of carbonyl (C=O) groups is 2. The monoisotopic (exact) mass is 455 g/mol. The van der Waals surface area contributed by atoms with Gasteiger partial charge in [0, 0.05) is 16.3 Å². The first-order chi connectivity index (χ1) is 15.2. The summed E-state index contributed by atoms with van der Waals surface area (Å²) in [4.78, 5) is 29.4. The van der Waals surface area contributed by atoms with Gasteiger partial charge in [-0.05, 0) is 42.8 Å². The third-order valence-corrected chi connectivity index (χ3v) is 5.77. The van der Waals surface area contributed by atoms with E-state index in [2.05, 4.69) is 4.99 Å². The highest BCUT2D eigenvalue weighted by Crippen LogP contribution is 2.29. The minimum Gasteiger partial charge on any atom is -0.453 e. The maximum Gasteiger partial charge on any atom is 0.417 e. The van der Waals surface area contributed by atoms with E-state index in [9.17, 15) is 22.8 Å². The number of hydrogen-bond donors (Lipinski definition) is 0. The summed E-state index contributed by atoms with van der Waals surface area (Å²) in [7, 11) is 0. The van der Waals surface area contributed by atoms with Crippen molar-refractivity contribution in [2.45, 2.75) is 19.0 Å². The number of benzene rings is 2. The molecule has 0 aliphatic heterocycles. The van der Waals surface area contributed by atoms with E-state index in [0.29, 0.717) is 16.7 Å². The number of rotatable bonds is 4. The summed E-state index contributed by atoms with van der Waals surface area (Å²) in [6, 6.07) is 17.6. The Balaban J connectivity index is 1.57. The highest BCUT2D eigenvalue weighted by molar-refractivity contribution is 7.07. The zero-order valence-corrected chi connectivity index (χ0v) is 17.5. The van der Waals surface area contributed by atoms with E-state index in [1.54, 1.807) is 43.3 Å². The highest BCUT2D eigenvalue weighted by atomic mass is 32.1. The van der Waals surface area contributed by atoms with Crippen LogP contribution in [0.4, 0.5) is 13.2 Å². The molecule has 8 heteroatoms. The van der Waals surface area contributed by atoms with Gasteiger partial charge in [0.1, 0.15) is 10.3 Å². The molecule has 2 aromatic heterocycles. The predicted molar refractivity (Wildman–Crippen MR) is 114 cm³/mol. The van der Waals surface area contributed by atoms with Gasteiger partial charge in [-0.25, -0.2) is 4.99 Å². The van der Waals surface area contributed by atoms with Crippen molar-refractivity contribution >= 4 is 34.0 Å². The number of para-hydroxylation sites is 1. The zero-order chi connectivity index (χ0) is 22.9. The van der Waals surface area contributed by atoms with Gasteiger partial charge in [0.2, 0.25) is 5.78 Å². The van der Waals surface area contributed by atoms with E-state index in [1.165, 1.54) is 6.07 Å². The van der Waals surface area contributed by atoms with Crippen LogP contribution in [0.2, 0.25) is 0 Å². The maximum absolute atomic E-state index is 12.9. The molecule has 4 aromatic rings. The topological polar surface area (TPSA) is 59.6 Å². The van der Waals surface area contributed by atoms with Crippen LogP contribution in [0.3, 0.4) is 0 Å². The molecular weight excluding hydrogens is 439 g/mol. The molecule has 0 unspecified atom stereocenters. The number of furan rings is 1. The van der Waals surface area contributed by atoms with Crippen LogP contribution in [0.25, 0.3) is 11.0 Å². The Morgan fingerprint density at radius 3 is 2.47 bits per heavy atom. The molecule has 0 fully saturated rings. The van der Waals surface area contributed by atoms with Crippen molar-refractivity contribution < 1.29 is 27.2 Å². The lowest BCUT2D eigenvalue weighted by atomic mass is 9.96. The van der Waals surface area contributed by atoms with Gasteiger partial charge in [-0.1, -0.05) is 36.4 Å². The van der Waals surface area contributed by atoms with Gasteiger partial charge < -0.3 is 4.42 Å². The quantitative estimate of drug-likeness (QED) is 0.356. The van der Waals surface area contributed by atoms with Crippen LogP contribution < -0.4 is 4.67 Å². The zero-order valence-electron chi connectivity index (χ0n) is 16.7. The lowest BCUT2D eigenvalue weighted by molar-refractivity contribution is -0.137.